The average Bonchev–Trinajstić information content (AvgIpc) is 3.00. The van der Waals surface area contributed by atoms with Gasteiger partial charge in [-0.05, 0) is 12.1 Å². The number of alkyl halides is 3. The molecule has 0 radical (unpaired) electrons. The third-order valence-corrected chi connectivity index (χ3v) is 4.63. The van der Waals surface area contributed by atoms with Gasteiger partial charge in [-0.3, -0.25) is 0 Å². The number of halogens is 3. The van der Waals surface area contributed by atoms with Gasteiger partial charge in [-0.2, -0.15) is 21.6 Å². The van der Waals surface area contributed by atoms with Gasteiger partial charge in [0.2, 0.25) is 0 Å². The SMILES string of the molecule is O=S(=O)(Nn1cc(C(F)(F)F)nc1-c1ccccc1)c1ccccc1. The second-order valence-electron chi connectivity index (χ2n) is 5.09. The van der Waals surface area contributed by atoms with E-state index in [4.69, 9.17) is 0 Å². The molecule has 0 saturated carbocycles. The lowest BCUT2D eigenvalue weighted by molar-refractivity contribution is -0.140. The van der Waals surface area contributed by atoms with Crippen LogP contribution in [0.5, 0.6) is 0 Å². The fourth-order valence-electron chi connectivity index (χ4n) is 2.16. The molecule has 0 aliphatic carbocycles. The number of rotatable bonds is 4. The minimum Gasteiger partial charge on any atom is -0.233 e. The fraction of sp³-hybridized carbons (Fsp3) is 0.0625. The Balaban J connectivity index is 2.08. The lowest BCUT2D eigenvalue weighted by atomic mass is 10.2. The molecule has 130 valence electrons. The van der Waals surface area contributed by atoms with Crippen LogP contribution in [0.15, 0.2) is 71.8 Å². The largest absolute Gasteiger partial charge is 0.434 e. The Morgan fingerprint density at radius 1 is 0.920 bits per heavy atom. The molecule has 0 aliphatic heterocycles. The van der Waals surface area contributed by atoms with E-state index in [1.54, 1.807) is 24.3 Å². The third kappa shape index (κ3) is 3.66. The quantitative estimate of drug-likeness (QED) is 0.768. The van der Waals surface area contributed by atoms with Crippen molar-refractivity contribution >= 4 is 10.0 Å². The van der Waals surface area contributed by atoms with Gasteiger partial charge in [-0.1, -0.05) is 48.5 Å². The number of hydrogen-bond donors (Lipinski definition) is 1. The highest BCUT2D eigenvalue weighted by molar-refractivity contribution is 7.92. The van der Waals surface area contributed by atoms with Crippen LogP contribution in [0.4, 0.5) is 13.2 Å². The van der Waals surface area contributed by atoms with E-state index in [9.17, 15) is 21.6 Å². The highest BCUT2D eigenvalue weighted by Crippen LogP contribution is 2.30. The molecular weight excluding hydrogens is 355 g/mol. The van der Waals surface area contributed by atoms with Crippen LogP contribution >= 0.6 is 0 Å². The zero-order valence-corrected chi connectivity index (χ0v) is 13.4. The van der Waals surface area contributed by atoms with E-state index in [0.717, 1.165) is 4.68 Å². The van der Waals surface area contributed by atoms with Gasteiger partial charge in [0, 0.05) is 5.56 Å². The first-order chi connectivity index (χ1) is 11.8. The number of aromatic nitrogens is 2. The maximum Gasteiger partial charge on any atom is 0.434 e. The van der Waals surface area contributed by atoms with Gasteiger partial charge in [0.05, 0.1) is 11.1 Å². The molecule has 1 N–H and O–H groups in total. The Bertz CT molecular complexity index is 969. The number of nitrogens with zero attached hydrogens (tertiary/aromatic N) is 2. The van der Waals surface area contributed by atoms with Crippen molar-refractivity contribution < 1.29 is 21.6 Å². The summed E-state index contributed by atoms with van der Waals surface area (Å²) < 4.78 is 64.6. The van der Waals surface area contributed by atoms with Gasteiger partial charge in [0.25, 0.3) is 10.0 Å². The molecular formula is C16H12F3N3O2S. The second-order valence-corrected chi connectivity index (χ2v) is 6.75. The van der Waals surface area contributed by atoms with Crippen LogP contribution in [-0.2, 0) is 16.2 Å². The Hall–Kier alpha value is -2.81. The van der Waals surface area contributed by atoms with Crippen molar-refractivity contribution in [3.05, 3.63) is 72.6 Å². The van der Waals surface area contributed by atoms with E-state index in [0.29, 0.717) is 11.8 Å². The molecule has 0 spiro atoms. The molecule has 0 amide bonds. The van der Waals surface area contributed by atoms with Crippen LogP contribution in [0, 0.1) is 0 Å². The average molecular weight is 367 g/mol. The molecule has 0 unspecified atom stereocenters. The summed E-state index contributed by atoms with van der Waals surface area (Å²) in [5.74, 6) is -0.160. The molecule has 0 bridgehead atoms. The van der Waals surface area contributed by atoms with Crippen molar-refractivity contribution in [2.75, 3.05) is 4.83 Å². The smallest absolute Gasteiger partial charge is 0.233 e. The monoisotopic (exact) mass is 367 g/mol. The molecule has 0 atom stereocenters. The Morgan fingerprint density at radius 3 is 2.04 bits per heavy atom. The summed E-state index contributed by atoms with van der Waals surface area (Å²) in [4.78, 5) is 5.59. The van der Waals surface area contributed by atoms with Crippen molar-refractivity contribution in [2.24, 2.45) is 0 Å². The van der Waals surface area contributed by atoms with Gasteiger partial charge in [-0.15, -0.1) is 0 Å². The summed E-state index contributed by atoms with van der Waals surface area (Å²) in [6, 6.07) is 15.3. The van der Waals surface area contributed by atoms with Crippen molar-refractivity contribution in [3.63, 3.8) is 0 Å². The molecule has 3 aromatic rings. The zero-order chi connectivity index (χ0) is 18.1. The molecule has 0 fully saturated rings. The van der Waals surface area contributed by atoms with Crippen LogP contribution in [0.25, 0.3) is 11.4 Å². The minimum absolute atomic E-state index is 0.0729. The van der Waals surface area contributed by atoms with E-state index < -0.39 is 21.9 Å². The summed E-state index contributed by atoms with van der Waals surface area (Å²) in [7, 11) is -4.07. The van der Waals surface area contributed by atoms with Crippen LogP contribution in [0.2, 0.25) is 0 Å². The summed E-state index contributed by atoms with van der Waals surface area (Å²) in [6.07, 6.45) is -4.09. The molecule has 25 heavy (non-hydrogen) atoms. The lowest BCUT2D eigenvalue weighted by Crippen LogP contribution is -2.23. The van der Waals surface area contributed by atoms with Crippen molar-refractivity contribution in [3.8, 4) is 11.4 Å². The van der Waals surface area contributed by atoms with Crippen LogP contribution in [0.3, 0.4) is 0 Å². The molecule has 1 aromatic heterocycles. The molecule has 9 heteroatoms. The van der Waals surface area contributed by atoms with Gasteiger partial charge >= 0.3 is 6.18 Å². The number of sulfonamides is 1. The van der Waals surface area contributed by atoms with E-state index >= 15 is 0 Å². The first-order valence-corrected chi connectivity index (χ1v) is 8.55. The predicted octanol–water partition coefficient (Wildman–Crippen LogP) is 3.50. The van der Waals surface area contributed by atoms with Gasteiger partial charge < -0.3 is 0 Å². The maximum absolute atomic E-state index is 13.0. The first kappa shape index (κ1) is 17.0. The number of nitrogens with one attached hydrogen (secondary N) is 1. The van der Waals surface area contributed by atoms with Crippen LogP contribution in [-0.4, -0.2) is 18.1 Å². The summed E-state index contributed by atoms with van der Waals surface area (Å²) in [6.45, 7) is 0. The molecule has 0 saturated heterocycles. The first-order valence-electron chi connectivity index (χ1n) is 7.07. The summed E-state index contributed by atoms with van der Waals surface area (Å²) in [5, 5.41) is 0. The van der Waals surface area contributed by atoms with Crippen molar-refractivity contribution in [2.45, 2.75) is 11.1 Å². The summed E-state index contributed by atoms with van der Waals surface area (Å²) >= 11 is 0. The van der Waals surface area contributed by atoms with Crippen LogP contribution in [0.1, 0.15) is 5.69 Å². The summed E-state index contributed by atoms with van der Waals surface area (Å²) in [5.41, 5.74) is -0.851. The normalized spacial score (nSPS) is 12.1. The molecule has 0 aliphatic rings. The van der Waals surface area contributed by atoms with Gasteiger partial charge in [0.1, 0.15) is 0 Å². The van der Waals surface area contributed by atoms with Gasteiger partial charge in [0.15, 0.2) is 11.5 Å². The minimum atomic E-state index is -4.70. The second kappa shape index (κ2) is 6.25. The van der Waals surface area contributed by atoms with Crippen LogP contribution < -0.4 is 4.83 Å². The van der Waals surface area contributed by atoms with E-state index in [1.807, 2.05) is 0 Å². The molecule has 3 rings (SSSR count). The number of imidazole rings is 1. The van der Waals surface area contributed by atoms with Crippen molar-refractivity contribution in [1.82, 2.24) is 9.66 Å². The third-order valence-electron chi connectivity index (χ3n) is 3.30. The van der Waals surface area contributed by atoms with Gasteiger partial charge in [-0.25, -0.2) is 14.5 Å². The van der Waals surface area contributed by atoms with Crippen molar-refractivity contribution in [1.29, 1.82) is 0 Å². The number of hydrogen-bond acceptors (Lipinski definition) is 3. The Labute approximate surface area is 141 Å². The molecule has 2 aromatic carbocycles. The highest BCUT2D eigenvalue weighted by atomic mass is 32.2. The topological polar surface area (TPSA) is 64.0 Å². The van der Waals surface area contributed by atoms with E-state index in [2.05, 4.69) is 9.82 Å². The number of benzene rings is 2. The lowest BCUT2D eigenvalue weighted by Gasteiger charge is -2.11. The fourth-order valence-corrected chi connectivity index (χ4v) is 3.18. The van der Waals surface area contributed by atoms with E-state index in [-0.39, 0.29) is 10.7 Å². The Kier molecular flexibility index (Phi) is 4.25. The zero-order valence-electron chi connectivity index (χ0n) is 12.6. The predicted molar refractivity (Wildman–Crippen MR) is 85.7 cm³/mol. The standard InChI is InChI=1S/C16H12F3N3O2S/c17-16(18,19)14-11-22(15(20-14)12-7-3-1-4-8-12)21-25(23,24)13-9-5-2-6-10-13/h1-11,21H. The van der Waals surface area contributed by atoms with E-state index in [1.165, 1.54) is 36.4 Å². The highest BCUT2D eigenvalue weighted by Gasteiger charge is 2.35. The molecule has 1 heterocycles. The Morgan fingerprint density at radius 2 is 1.48 bits per heavy atom. The molecule has 5 nitrogen and oxygen atoms in total. The maximum atomic E-state index is 13.0.